The lowest BCUT2D eigenvalue weighted by atomic mass is 10.1. The van der Waals surface area contributed by atoms with E-state index in [1.165, 1.54) is 11.3 Å². The first kappa shape index (κ1) is 19.2. The average molecular weight is 434 g/mol. The van der Waals surface area contributed by atoms with Crippen LogP contribution in [-0.4, -0.2) is 21.9 Å². The molecule has 1 N–H and O–H groups in total. The molecule has 0 radical (unpaired) electrons. The van der Waals surface area contributed by atoms with Crippen molar-refractivity contribution in [3.63, 3.8) is 0 Å². The van der Waals surface area contributed by atoms with Crippen LogP contribution in [0.15, 0.2) is 51.2 Å². The van der Waals surface area contributed by atoms with Crippen LogP contribution >= 0.6 is 34.5 Å². The van der Waals surface area contributed by atoms with Crippen molar-refractivity contribution in [3.05, 3.63) is 73.8 Å². The normalized spacial score (nSPS) is 12.8. The molecule has 0 saturated heterocycles. The Balaban J connectivity index is 1.65. The third kappa shape index (κ3) is 3.49. The molecule has 28 heavy (non-hydrogen) atoms. The van der Waals surface area contributed by atoms with Crippen LogP contribution in [-0.2, 0) is 6.54 Å². The summed E-state index contributed by atoms with van der Waals surface area (Å²) in [6.07, 6.45) is 1.59. The summed E-state index contributed by atoms with van der Waals surface area (Å²) in [6.45, 7) is 2.56. The second-order valence-electron chi connectivity index (χ2n) is 6.56. The molecule has 0 bridgehead atoms. The van der Waals surface area contributed by atoms with Crippen molar-refractivity contribution in [1.29, 1.82) is 0 Å². The maximum absolute atomic E-state index is 12.8. The number of hydrogen-bond acceptors (Lipinski definition) is 5. The summed E-state index contributed by atoms with van der Waals surface area (Å²) in [5.41, 5.74) is 1.51. The van der Waals surface area contributed by atoms with E-state index >= 15 is 0 Å². The standard InChI is InChI=1S/C20H17Cl2N3O2S/c1-11(25(2)9-12-5-3-6-14(21)17(12)22)18-23-19(26)16-13(10-28-20(16)24-18)15-7-4-8-27-15/h3-8,10-11H,9H2,1-2H3,(H,23,24,26). The van der Waals surface area contributed by atoms with Gasteiger partial charge in [-0.25, -0.2) is 4.98 Å². The van der Waals surface area contributed by atoms with Gasteiger partial charge in [0.2, 0.25) is 0 Å². The first-order valence-corrected chi connectivity index (χ1v) is 10.3. The predicted octanol–water partition coefficient (Wildman–Crippen LogP) is 5.74. The Bertz CT molecular complexity index is 1180. The SMILES string of the molecule is CC(c1nc2scc(-c3ccco3)c2c(=O)[nH]1)N(C)Cc1cccc(Cl)c1Cl. The number of aromatic nitrogens is 2. The topological polar surface area (TPSA) is 62.1 Å². The molecule has 0 spiro atoms. The Morgan fingerprint density at radius 1 is 1.29 bits per heavy atom. The third-order valence-electron chi connectivity index (χ3n) is 4.76. The van der Waals surface area contributed by atoms with Crippen molar-refractivity contribution >= 4 is 44.8 Å². The molecule has 1 aromatic carbocycles. The van der Waals surface area contributed by atoms with Crippen molar-refractivity contribution in [1.82, 2.24) is 14.9 Å². The molecule has 3 heterocycles. The van der Waals surface area contributed by atoms with Gasteiger partial charge >= 0.3 is 0 Å². The minimum atomic E-state index is -0.173. The van der Waals surface area contributed by atoms with Crippen LogP contribution in [0, 0.1) is 0 Å². The Morgan fingerprint density at radius 3 is 2.86 bits per heavy atom. The summed E-state index contributed by atoms with van der Waals surface area (Å²) in [4.78, 5) is 23.1. The number of fused-ring (bicyclic) bond motifs is 1. The summed E-state index contributed by atoms with van der Waals surface area (Å²) >= 11 is 13.8. The smallest absolute Gasteiger partial charge is 0.260 e. The summed E-state index contributed by atoms with van der Waals surface area (Å²) < 4.78 is 5.44. The van der Waals surface area contributed by atoms with Crippen molar-refractivity contribution in [2.75, 3.05) is 7.05 Å². The molecule has 1 unspecified atom stereocenters. The Kier molecular flexibility index (Phi) is 5.29. The lowest BCUT2D eigenvalue weighted by Crippen LogP contribution is -2.26. The maximum atomic E-state index is 12.8. The van der Waals surface area contributed by atoms with E-state index in [9.17, 15) is 4.79 Å². The minimum absolute atomic E-state index is 0.124. The maximum Gasteiger partial charge on any atom is 0.260 e. The highest BCUT2D eigenvalue weighted by Crippen LogP contribution is 2.32. The monoisotopic (exact) mass is 433 g/mol. The number of halogens is 2. The zero-order valence-corrected chi connectivity index (χ0v) is 17.5. The van der Waals surface area contributed by atoms with Crippen molar-refractivity contribution in [3.8, 4) is 11.3 Å². The number of H-pyrrole nitrogens is 1. The largest absolute Gasteiger partial charge is 0.464 e. The Labute approximate surface area is 175 Å². The quantitative estimate of drug-likeness (QED) is 0.435. The summed E-state index contributed by atoms with van der Waals surface area (Å²) in [6, 6.07) is 9.08. The van der Waals surface area contributed by atoms with E-state index in [2.05, 4.69) is 14.9 Å². The van der Waals surface area contributed by atoms with E-state index < -0.39 is 0 Å². The van der Waals surface area contributed by atoms with E-state index in [-0.39, 0.29) is 11.6 Å². The van der Waals surface area contributed by atoms with E-state index in [0.29, 0.717) is 38.4 Å². The molecule has 4 aromatic rings. The molecule has 8 heteroatoms. The van der Waals surface area contributed by atoms with Gasteiger partial charge in [-0.05, 0) is 37.7 Å². The first-order chi connectivity index (χ1) is 13.5. The number of rotatable bonds is 5. The minimum Gasteiger partial charge on any atom is -0.464 e. The molecule has 0 aliphatic carbocycles. The number of hydrogen-bond donors (Lipinski definition) is 1. The van der Waals surface area contributed by atoms with Gasteiger partial charge in [0.05, 0.1) is 27.7 Å². The molecule has 0 amide bonds. The van der Waals surface area contributed by atoms with Crippen molar-refractivity contribution < 1.29 is 4.42 Å². The van der Waals surface area contributed by atoms with E-state index in [4.69, 9.17) is 27.6 Å². The van der Waals surface area contributed by atoms with Crippen LogP contribution in [0.5, 0.6) is 0 Å². The van der Waals surface area contributed by atoms with Crippen LogP contribution in [0.2, 0.25) is 10.0 Å². The molecule has 0 aliphatic heterocycles. The van der Waals surface area contributed by atoms with Gasteiger partial charge in [0.1, 0.15) is 16.4 Å². The first-order valence-electron chi connectivity index (χ1n) is 8.64. The second kappa shape index (κ2) is 7.72. The highest BCUT2D eigenvalue weighted by Gasteiger charge is 2.20. The van der Waals surface area contributed by atoms with Gasteiger partial charge < -0.3 is 9.40 Å². The predicted molar refractivity (Wildman–Crippen MR) is 114 cm³/mol. The van der Waals surface area contributed by atoms with Crippen LogP contribution in [0.1, 0.15) is 24.4 Å². The van der Waals surface area contributed by atoms with Gasteiger partial charge in [0.25, 0.3) is 5.56 Å². The van der Waals surface area contributed by atoms with Crippen molar-refractivity contribution in [2.24, 2.45) is 0 Å². The summed E-state index contributed by atoms with van der Waals surface area (Å²) in [5.74, 6) is 1.26. The number of furan rings is 1. The fourth-order valence-corrected chi connectivity index (χ4v) is 4.38. The van der Waals surface area contributed by atoms with Gasteiger partial charge in [0, 0.05) is 17.5 Å². The van der Waals surface area contributed by atoms with Gasteiger partial charge in [-0.15, -0.1) is 11.3 Å². The van der Waals surface area contributed by atoms with Crippen LogP contribution in [0.4, 0.5) is 0 Å². The average Bonchev–Trinajstić information content (AvgIpc) is 3.34. The lowest BCUT2D eigenvalue weighted by molar-refractivity contribution is 0.244. The number of benzene rings is 1. The van der Waals surface area contributed by atoms with Crippen molar-refractivity contribution in [2.45, 2.75) is 19.5 Å². The van der Waals surface area contributed by atoms with Gasteiger partial charge in [-0.3, -0.25) is 9.69 Å². The number of thiophene rings is 1. The zero-order chi connectivity index (χ0) is 19.8. The Hall–Kier alpha value is -2.12. The van der Waals surface area contributed by atoms with E-state index in [1.54, 1.807) is 18.4 Å². The molecule has 0 saturated carbocycles. The van der Waals surface area contributed by atoms with Gasteiger partial charge in [-0.2, -0.15) is 0 Å². The molecule has 1 atom stereocenters. The number of nitrogens with one attached hydrogen (secondary N) is 1. The Morgan fingerprint density at radius 2 is 2.11 bits per heavy atom. The lowest BCUT2D eigenvalue weighted by Gasteiger charge is -2.24. The molecule has 144 valence electrons. The van der Waals surface area contributed by atoms with E-state index in [0.717, 1.165) is 11.1 Å². The van der Waals surface area contributed by atoms with Crippen LogP contribution < -0.4 is 5.56 Å². The molecule has 0 aliphatic rings. The molecule has 0 fully saturated rings. The number of aromatic amines is 1. The molecule has 5 nitrogen and oxygen atoms in total. The molecular weight excluding hydrogens is 417 g/mol. The fourth-order valence-electron chi connectivity index (χ4n) is 3.06. The highest BCUT2D eigenvalue weighted by atomic mass is 35.5. The third-order valence-corrected chi connectivity index (χ3v) is 6.49. The van der Waals surface area contributed by atoms with Crippen LogP contribution in [0.25, 0.3) is 21.5 Å². The van der Waals surface area contributed by atoms with Crippen LogP contribution in [0.3, 0.4) is 0 Å². The summed E-state index contributed by atoms with van der Waals surface area (Å²) in [5, 5.41) is 3.52. The second-order valence-corrected chi connectivity index (χ2v) is 8.21. The zero-order valence-electron chi connectivity index (χ0n) is 15.2. The van der Waals surface area contributed by atoms with Gasteiger partial charge in [0.15, 0.2) is 0 Å². The van der Waals surface area contributed by atoms with Gasteiger partial charge in [-0.1, -0.05) is 35.3 Å². The van der Waals surface area contributed by atoms with E-state index in [1.807, 2.05) is 37.6 Å². The number of nitrogens with zero attached hydrogens (tertiary/aromatic N) is 2. The molecule has 3 aromatic heterocycles. The summed E-state index contributed by atoms with van der Waals surface area (Å²) in [7, 11) is 1.95. The molecular formula is C20H17Cl2N3O2S. The highest BCUT2D eigenvalue weighted by molar-refractivity contribution is 7.17. The molecule has 4 rings (SSSR count). The fraction of sp³-hybridized carbons (Fsp3) is 0.200.